The maximum Gasteiger partial charge on any atom is 0.243 e. The van der Waals surface area contributed by atoms with Gasteiger partial charge in [0, 0.05) is 18.8 Å². The zero-order valence-electron chi connectivity index (χ0n) is 15.7. The van der Waals surface area contributed by atoms with Gasteiger partial charge in [0.25, 0.3) is 0 Å². The van der Waals surface area contributed by atoms with E-state index in [-0.39, 0.29) is 17.3 Å². The first-order chi connectivity index (χ1) is 13.8. The molecule has 0 radical (unpaired) electrons. The lowest BCUT2D eigenvalue weighted by molar-refractivity contribution is -0.114. The molecule has 1 fully saturated rings. The summed E-state index contributed by atoms with van der Waals surface area (Å²) in [5.74, 6) is -0.343. The van der Waals surface area contributed by atoms with Crippen LogP contribution in [-0.4, -0.2) is 51.5 Å². The molecule has 10 heteroatoms. The van der Waals surface area contributed by atoms with Gasteiger partial charge in [-0.15, -0.1) is 0 Å². The average molecular weight is 458 g/mol. The Hall–Kier alpha value is -1.84. The maximum absolute atomic E-state index is 12.8. The van der Waals surface area contributed by atoms with Crippen molar-refractivity contribution in [3.05, 3.63) is 52.0 Å². The maximum atomic E-state index is 12.8. The number of sulfonamides is 1. The fourth-order valence-corrected chi connectivity index (χ4v) is 4.64. The van der Waals surface area contributed by atoms with E-state index in [1.54, 1.807) is 37.3 Å². The third-order valence-corrected chi connectivity index (χ3v) is 7.20. The number of nitrogens with one attached hydrogen (secondary N) is 2. The second-order valence-electron chi connectivity index (χ2n) is 6.50. The summed E-state index contributed by atoms with van der Waals surface area (Å²) >= 11 is 12.1. The molecule has 2 N–H and O–H groups in total. The smallest absolute Gasteiger partial charge is 0.243 e. The zero-order chi connectivity index (χ0) is 21.0. The second kappa shape index (κ2) is 9.32. The minimum atomic E-state index is -3.65. The third kappa shape index (κ3) is 5.21. The number of aryl methyl sites for hydroxylation is 1. The summed E-state index contributed by atoms with van der Waals surface area (Å²) in [7, 11) is -3.65. The Morgan fingerprint density at radius 3 is 2.59 bits per heavy atom. The highest BCUT2D eigenvalue weighted by Crippen LogP contribution is 2.29. The number of anilines is 2. The second-order valence-corrected chi connectivity index (χ2v) is 9.22. The van der Waals surface area contributed by atoms with Gasteiger partial charge in [-0.2, -0.15) is 4.31 Å². The Labute approximate surface area is 180 Å². The van der Waals surface area contributed by atoms with Crippen LogP contribution in [0.5, 0.6) is 0 Å². The van der Waals surface area contributed by atoms with Crippen LogP contribution in [0.25, 0.3) is 0 Å². The molecule has 29 heavy (non-hydrogen) atoms. The van der Waals surface area contributed by atoms with Crippen LogP contribution >= 0.6 is 23.2 Å². The van der Waals surface area contributed by atoms with E-state index in [0.717, 1.165) is 5.56 Å². The molecule has 0 unspecified atom stereocenters. The van der Waals surface area contributed by atoms with Crippen molar-refractivity contribution < 1.29 is 17.9 Å². The molecule has 2 aromatic rings. The van der Waals surface area contributed by atoms with Gasteiger partial charge in [-0.3, -0.25) is 4.79 Å². The van der Waals surface area contributed by atoms with E-state index in [1.165, 1.54) is 10.4 Å². The third-order valence-electron chi connectivity index (χ3n) is 4.48. The predicted octanol–water partition coefficient (Wildman–Crippen LogP) is 3.37. The van der Waals surface area contributed by atoms with Crippen LogP contribution in [0, 0.1) is 6.92 Å². The van der Waals surface area contributed by atoms with Crippen molar-refractivity contribution in [2.75, 3.05) is 43.5 Å². The highest BCUT2D eigenvalue weighted by molar-refractivity contribution is 7.89. The number of amides is 1. The molecule has 0 saturated carbocycles. The molecule has 0 spiro atoms. The Kier molecular flexibility index (Phi) is 7.02. The molecule has 1 amide bonds. The molecule has 156 valence electrons. The Bertz CT molecular complexity index is 1010. The van der Waals surface area contributed by atoms with E-state index in [2.05, 4.69) is 10.6 Å². The van der Waals surface area contributed by atoms with Crippen molar-refractivity contribution in [1.82, 2.24) is 4.31 Å². The largest absolute Gasteiger partial charge is 0.379 e. The van der Waals surface area contributed by atoms with E-state index in [0.29, 0.717) is 47.7 Å². The number of carbonyl (C=O) groups is 1. The summed E-state index contributed by atoms with van der Waals surface area (Å²) in [5, 5.41) is 6.38. The normalized spacial score (nSPS) is 15.1. The van der Waals surface area contributed by atoms with Crippen LogP contribution in [0.15, 0.2) is 41.3 Å². The van der Waals surface area contributed by atoms with Crippen LogP contribution in [0.4, 0.5) is 11.4 Å². The number of benzene rings is 2. The first-order valence-electron chi connectivity index (χ1n) is 8.95. The lowest BCUT2D eigenvalue weighted by Gasteiger charge is -2.26. The number of nitrogens with zero attached hydrogens (tertiary/aromatic N) is 1. The number of morpholine rings is 1. The number of halogens is 2. The lowest BCUT2D eigenvalue weighted by atomic mass is 10.2. The lowest BCUT2D eigenvalue weighted by Crippen LogP contribution is -2.40. The number of hydrogen-bond acceptors (Lipinski definition) is 5. The van der Waals surface area contributed by atoms with Crippen LogP contribution < -0.4 is 10.6 Å². The van der Waals surface area contributed by atoms with Crippen LogP contribution in [0.2, 0.25) is 10.0 Å². The van der Waals surface area contributed by atoms with E-state index in [9.17, 15) is 13.2 Å². The highest BCUT2D eigenvalue weighted by atomic mass is 35.5. The van der Waals surface area contributed by atoms with Crippen molar-refractivity contribution in [2.24, 2.45) is 0 Å². The van der Waals surface area contributed by atoms with E-state index < -0.39 is 10.0 Å². The van der Waals surface area contributed by atoms with E-state index in [4.69, 9.17) is 27.9 Å². The number of hydrogen-bond donors (Lipinski definition) is 2. The number of carbonyl (C=O) groups excluding carboxylic acids is 1. The van der Waals surface area contributed by atoms with Gasteiger partial charge < -0.3 is 15.4 Å². The molecule has 0 atom stereocenters. The molecule has 0 aromatic heterocycles. The number of rotatable bonds is 6. The van der Waals surface area contributed by atoms with Gasteiger partial charge in [-0.25, -0.2) is 8.42 Å². The van der Waals surface area contributed by atoms with E-state index >= 15 is 0 Å². The first kappa shape index (κ1) is 21.9. The summed E-state index contributed by atoms with van der Waals surface area (Å²) in [6, 6.07) is 9.77. The monoisotopic (exact) mass is 457 g/mol. The molecular weight excluding hydrogens is 437 g/mol. The van der Waals surface area contributed by atoms with E-state index in [1.807, 2.05) is 0 Å². The summed E-state index contributed by atoms with van der Waals surface area (Å²) < 4.78 is 32.3. The quantitative estimate of drug-likeness (QED) is 0.693. The van der Waals surface area contributed by atoms with Gasteiger partial charge in [-0.1, -0.05) is 35.3 Å². The van der Waals surface area contributed by atoms with Gasteiger partial charge in [0.2, 0.25) is 15.9 Å². The summed E-state index contributed by atoms with van der Waals surface area (Å²) in [4.78, 5) is 12.5. The predicted molar refractivity (Wildman–Crippen MR) is 114 cm³/mol. The SMILES string of the molecule is Cc1ccc(S(=O)(=O)N2CCOCC2)cc1NC(=O)CNc1cccc(Cl)c1Cl. The standard InChI is InChI=1S/C19H21Cl2N3O4S/c1-13-5-6-14(29(26,27)24-7-9-28-10-8-24)11-17(13)23-18(25)12-22-16-4-2-3-15(20)19(16)21/h2-6,11,22H,7-10,12H2,1H3,(H,23,25). The Morgan fingerprint density at radius 1 is 1.14 bits per heavy atom. The molecule has 2 aromatic carbocycles. The minimum Gasteiger partial charge on any atom is -0.379 e. The van der Waals surface area contributed by atoms with Crippen LogP contribution in [-0.2, 0) is 19.6 Å². The summed E-state index contributed by atoms with van der Waals surface area (Å²) in [6.45, 7) is 3.09. The van der Waals surface area contributed by atoms with Crippen molar-refractivity contribution in [2.45, 2.75) is 11.8 Å². The molecule has 1 aliphatic rings. The average Bonchev–Trinajstić information content (AvgIpc) is 2.71. The fourth-order valence-electron chi connectivity index (χ4n) is 2.84. The highest BCUT2D eigenvalue weighted by Gasteiger charge is 2.26. The molecule has 1 saturated heterocycles. The summed E-state index contributed by atoms with van der Waals surface area (Å²) in [6.07, 6.45) is 0. The van der Waals surface area contributed by atoms with Crippen LogP contribution in [0.3, 0.4) is 0 Å². The number of ether oxygens (including phenoxy) is 1. The van der Waals surface area contributed by atoms with Crippen molar-refractivity contribution in [3.63, 3.8) is 0 Å². The van der Waals surface area contributed by atoms with Crippen molar-refractivity contribution in [1.29, 1.82) is 0 Å². The molecule has 0 aliphatic carbocycles. The Morgan fingerprint density at radius 2 is 1.86 bits per heavy atom. The molecular formula is C19H21Cl2N3O4S. The van der Waals surface area contributed by atoms with Gasteiger partial charge in [0.05, 0.1) is 40.4 Å². The van der Waals surface area contributed by atoms with Gasteiger partial charge >= 0.3 is 0 Å². The van der Waals surface area contributed by atoms with Crippen LogP contribution in [0.1, 0.15) is 5.56 Å². The molecule has 1 heterocycles. The van der Waals surface area contributed by atoms with Crippen molar-refractivity contribution in [3.8, 4) is 0 Å². The molecule has 7 nitrogen and oxygen atoms in total. The molecule has 0 bridgehead atoms. The Balaban J connectivity index is 1.71. The fraction of sp³-hybridized carbons (Fsp3) is 0.316. The topological polar surface area (TPSA) is 87.7 Å². The van der Waals surface area contributed by atoms with Gasteiger partial charge in [0.15, 0.2) is 0 Å². The zero-order valence-corrected chi connectivity index (χ0v) is 18.1. The van der Waals surface area contributed by atoms with Crippen molar-refractivity contribution >= 4 is 50.5 Å². The molecule has 3 rings (SSSR count). The minimum absolute atomic E-state index is 0.0556. The summed E-state index contributed by atoms with van der Waals surface area (Å²) in [5.41, 5.74) is 1.72. The first-order valence-corrected chi connectivity index (χ1v) is 11.1. The van der Waals surface area contributed by atoms with Gasteiger partial charge in [-0.05, 0) is 36.8 Å². The molecule has 1 aliphatic heterocycles. The van der Waals surface area contributed by atoms with Gasteiger partial charge in [0.1, 0.15) is 0 Å².